The summed E-state index contributed by atoms with van der Waals surface area (Å²) in [4.78, 5) is 11.9. The monoisotopic (exact) mass is 270 g/mol. The lowest BCUT2D eigenvalue weighted by atomic mass is 9.89. The van der Waals surface area contributed by atoms with Gasteiger partial charge < -0.3 is 4.74 Å². The van der Waals surface area contributed by atoms with Gasteiger partial charge in [0.05, 0.1) is 6.61 Å². The van der Waals surface area contributed by atoms with Gasteiger partial charge in [0.15, 0.2) is 5.78 Å². The summed E-state index contributed by atoms with van der Waals surface area (Å²) in [5, 5.41) is 0. The average Bonchev–Trinajstić information content (AvgIpc) is 3.08. The van der Waals surface area contributed by atoms with E-state index in [0.29, 0.717) is 6.42 Å². The number of ketones is 1. The Bertz CT molecular complexity index is 534. The first kappa shape index (κ1) is 12.4. The Morgan fingerprint density at radius 1 is 1.15 bits per heavy atom. The average molecular weight is 270 g/mol. The first-order valence-electron chi connectivity index (χ1n) is 8.08. The van der Waals surface area contributed by atoms with Crippen molar-refractivity contribution in [3.8, 4) is 5.75 Å². The minimum atomic E-state index is 0.289. The van der Waals surface area contributed by atoms with E-state index in [1.54, 1.807) is 0 Å². The number of benzene rings is 1. The van der Waals surface area contributed by atoms with Crippen LogP contribution in [0.25, 0.3) is 0 Å². The maximum Gasteiger partial charge on any atom is 0.163 e. The molecule has 0 spiro atoms. The Morgan fingerprint density at radius 2 is 2.10 bits per heavy atom. The van der Waals surface area contributed by atoms with Crippen LogP contribution in [0.15, 0.2) is 18.2 Å². The molecule has 1 aromatic carbocycles. The Balaban J connectivity index is 1.44. The van der Waals surface area contributed by atoms with Gasteiger partial charge in [0.2, 0.25) is 0 Å². The second-order valence-electron chi connectivity index (χ2n) is 6.84. The largest absolute Gasteiger partial charge is 0.493 e. The maximum absolute atomic E-state index is 11.9. The number of carbonyl (C=O) groups is 1. The van der Waals surface area contributed by atoms with Gasteiger partial charge in [0.1, 0.15) is 5.75 Å². The van der Waals surface area contributed by atoms with Crippen molar-refractivity contribution in [3.63, 3.8) is 0 Å². The molecule has 0 saturated heterocycles. The Hall–Kier alpha value is -1.31. The Kier molecular flexibility index (Phi) is 3.05. The first-order valence-corrected chi connectivity index (χ1v) is 8.08. The SMILES string of the molecule is O=C1CCCc2ccc(OCC3CC4CCC3C4)cc21. The van der Waals surface area contributed by atoms with Gasteiger partial charge in [-0.25, -0.2) is 0 Å². The summed E-state index contributed by atoms with van der Waals surface area (Å²) < 4.78 is 6.00. The van der Waals surface area contributed by atoms with Crippen LogP contribution in [-0.4, -0.2) is 12.4 Å². The minimum Gasteiger partial charge on any atom is -0.493 e. The summed E-state index contributed by atoms with van der Waals surface area (Å²) in [5.74, 6) is 3.80. The molecule has 0 aromatic heterocycles. The molecule has 2 saturated carbocycles. The molecule has 0 N–H and O–H groups in total. The lowest BCUT2D eigenvalue weighted by Gasteiger charge is -2.22. The number of ether oxygens (including phenoxy) is 1. The fraction of sp³-hybridized carbons (Fsp3) is 0.611. The number of carbonyl (C=O) groups excluding carboxylic acids is 1. The van der Waals surface area contributed by atoms with Crippen molar-refractivity contribution >= 4 is 5.78 Å². The molecule has 0 amide bonds. The molecule has 0 radical (unpaired) electrons. The quantitative estimate of drug-likeness (QED) is 0.829. The molecule has 3 atom stereocenters. The molecule has 2 nitrogen and oxygen atoms in total. The standard InChI is InChI=1S/C18H22O2/c19-18-3-1-2-13-6-7-16(10-17(13)18)20-11-15-9-12-4-5-14(15)8-12/h6-7,10,12,14-15H,1-5,8-9,11H2. The van der Waals surface area contributed by atoms with Gasteiger partial charge in [-0.05, 0) is 67.6 Å². The van der Waals surface area contributed by atoms with Gasteiger partial charge in [-0.1, -0.05) is 12.5 Å². The third-order valence-electron chi connectivity index (χ3n) is 5.58. The number of hydrogen-bond donors (Lipinski definition) is 0. The van der Waals surface area contributed by atoms with Crippen LogP contribution in [0.4, 0.5) is 0 Å². The predicted molar refractivity (Wildman–Crippen MR) is 78.1 cm³/mol. The van der Waals surface area contributed by atoms with Crippen molar-refractivity contribution in [1.82, 2.24) is 0 Å². The van der Waals surface area contributed by atoms with E-state index in [9.17, 15) is 4.79 Å². The fourth-order valence-electron chi connectivity index (χ4n) is 4.48. The van der Waals surface area contributed by atoms with Crippen molar-refractivity contribution in [3.05, 3.63) is 29.3 Å². The van der Waals surface area contributed by atoms with E-state index in [0.717, 1.165) is 48.5 Å². The number of Topliss-reactive ketones (excluding diaryl/α,β-unsaturated/α-hetero) is 1. The van der Waals surface area contributed by atoms with Crippen LogP contribution in [0, 0.1) is 17.8 Å². The van der Waals surface area contributed by atoms with Crippen LogP contribution in [0.3, 0.4) is 0 Å². The second-order valence-corrected chi connectivity index (χ2v) is 6.84. The topological polar surface area (TPSA) is 26.3 Å². The Morgan fingerprint density at radius 3 is 2.90 bits per heavy atom. The molecule has 2 fully saturated rings. The number of rotatable bonds is 3. The highest BCUT2D eigenvalue weighted by Crippen LogP contribution is 2.48. The molecule has 1 aromatic rings. The summed E-state index contributed by atoms with van der Waals surface area (Å²) in [6.07, 6.45) is 8.36. The summed E-state index contributed by atoms with van der Waals surface area (Å²) >= 11 is 0. The normalized spacial score (nSPS) is 31.4. The molecule has 2 bridgehead atoms. The van der Waals surface area contributed by atoms with Gasteiger partial charge in [0, 0.05) is 12.0 Å². The highest BCUT2D eigenvalue weighted by Gasteiger charge is 2.39. The first-order chi connectivity index (χ1) is 9.79. The maximum atomic E-state index is 11.9. The van der Waals surface area contributed by atoms with Crippen LogP contribution in [0.5, 0.6) is 5.75 Å². The Labute approximate surface area is 120 Å². The van der Waals surface area contributed by atoms with Gasteiger partial charge in [-0.15, -0.1) is 0 Å². The summed E-state index contributed by atoms with van der Waals surface area (Å²) in [5.41, 5.74) is 2.11. The van der Waals surface area contributed by atoms with E-state index < -0.39 is 0 Å². The van der Waals surface area contributed by atoms with Crippen LogP contribution >= 0.6 is 0 Å². The number of hydrogen-bond acceptors (Lipinski definition) is 2. The summed E-state index contributed by atoms with van der Waals surface area (Å²) in [6, 6.07) is 6.11. The van der Waals surface area contributed by atoms with E-state index in [1.807, 2.05) is 12.1 Å². The summed E-state index contributed by atoms with van der Waals surface area (Å²) in [7, 11) is 0. The van der Waals surface area contributed by atoms with Crippen molar-refractivity contribution in [2.75, 3.05) is 6.61 Å². The van der Waals surface area contributed by atoms with Crippen molar-refractivity contribution in [2.45, 2.75) is 44.9 Å². The lowest BCUT2D eigenvalue weighted by molar-refractivity contribution is 0.0971. The van der Waals surface area contributed by atoms with E-state index in [4.69, 9.17) is 4.74 Å². The zero-order valence-electron chi connectivity index (χ0n) is 11.9. The molecule has 3 aliphatic rings. The second kappa shape index (κ2) is 4.91. The molecule has 20 heavy (non-hydrogen) atoms. The molecular weight excluding hydrogens is 248 g/mol. The molecule has 0 heterocycles. The zero-order chi connectivity index (χ0) is 13.5. The van der Waals surface area contributed by atoms with E-state index in [-0.39, 0.29) is 5.78 Å². The molecule has 2 heteroatoms. The van der Waals surface area contributed by atoms with Crippen LogP contribution in [0.2, 0.25) is 0 Å². The third kappa shape index (κ3) is 2.15. The predicted octanol–water partition coefficient (Wildman–Crippen LogP) is 4.02. The van der Waals surface area contributed by atoms with Gasteiger partial charge in [-0.3, -0.25) is 4.79 Å². The number of fused-ring (bicyclic) bond motifs is 3. The van der Waals surface area contributed by atoms with Crippen LogP contribution in [0.1, 0.15) is 54.4 Å². The van der Waals surface area contributed by atoms with Crippen molar-refractivity contribution in [1.29, 1.82) is 0 Å². The van der Waals surface area contributed by atoms with E-state index >= 15 is 0 Å². The highest BCUT2D eigenvalue weighted by atomic mass is 16.5. The zero-order valence-corrected chi connectivity index (χ0v) is 11.9. The van der Waals surface area contributed by atoms with Gasteiger partial charge in [0.25, 0.3) is 0 Å². The smallest absolute Gasteiger partial charge is 0.163 e. The molecule has 0 aliphatic heterocycles. The van der Waals surface area contributed by atoms with Crippen molar-refractivity contribution < 1.29 is 9.53 Å². The molecule has 106 valence electrons. The fourth-order valence-corrected chi connectivity index (χ4v) is 4.48. The molecule has 3 aliphatic carbocycles. The van der Waals surface area contributed by atoms with Crippen molar-refractivity contribution in [2.24, 2.45) is 17.8 Å². The highest BCUT2D eigenvalue weighted by molar-refractivity contribution is 5.98. The third-order valence-corrected chi connectivity index (χ3v) is 5.58. The van der Waals surface area contributed by atoms with E-state index in [1.165, 1.54) is 31.2 Å². The number of aryl methyl sites for hydroxylation is 1. The van der Waals surface area contributed by atoms with Crippen LogP contribution < -0.4 is 4.74 Å². The van der Waals surface area contributed by atoms with Crippen LogP contribution in [-0.2, 0) is 6.42 Å². The van der Waals surface area contributed by atoms with Gasteiger partial charge >= 0.3 is 0 Å². The summed E-state index contributed by atoms with van der Waals surface area (Å²) in [6.45, 7) is 0.841. The van der Waals surface area contributed by atoms with E-state index in [2.05, 4.69) is 6.07 Å². The molecule has 4 rings (SSSR count). The van der Waals surface area contributed by atoms with Gasteiger partial charge in [-0.2, -0.15) is 0 Å². The lowest BCUT2D eigenvalue weighted by Crippen LogP contribution is -2.19. The molecule has 3 unspecified atom stereocenters. The molecular formula is C18H22O2. The minimum absolute atomic E-state index is 0.289.